The SMILES string of the molecule is [B]c1cc(-c2c([B])c([B])cc([B])c2[B])c([B])c([B])c1[B]. The molecule has 0 nitrogen and oxygen atoms in total. The highest BCUT2D eigenvalue weighted by Crippen LogP contribution is 2.07. The van der Waals surface area contributed by atoms with Gasteiger partial charge in [-0.25, -0.2) is 0 Å². The molecule has 0 spiro atoms. The molecule has 0 N–H and O–H groups in total. The lowest BCUT2D eigenvalue weighted by atomic mass is 9.61. The molecule has 0 aromatic heterocycles. The summed E-state index contributed by atoms with van der Waals surface area (Å²) < 4.78 is 0. The molecule has 0 aliphatic carbocycles. The molecule has 0 amide bonds. The van der Waals surface area contributed by atoms with Gasteiger partial charge in [0.2, 0.25) is 0 Å². The molecule has 16 radical (unpaired) electrons. The van der Waals surface area contributed by atoms with E-state index < -0.39 is 0 Å². The summed E-state index contributed by atoms with van der Waals surface area (Å²) in [5, 5.41) is 0. The molecular formula is C12H2B8. The van der Waals surface area contributed by atoms with Crippen molar-refractivity contribution in [3.8, 4) is 11.1 Å². The predicted octanol–water partition coefficient (Wildman–Crippen LogP) is -6.30. The van der Waals surface area contributed by atoms with E-state index in [-0.39, 0.29) is 32.8 Å². The van der Waals surface area contributed by atoms with E-state index in [0.717, 1.165) is 0 Å². The van der Waals surface area contributed by atoms with Gasteiger partial charge < -0.3 is 0 Å². The summed E-state index contributed by atoms with van der Waals surface area (Å²) in [7, 11) is 46.8. The van der Waals surface area contributed by atoms with Crippen LogP contribution < -0.4 is 43.7 Å². The van der Waals surface area contributed by atoms with Crippen LogP contribution in [-0.2, 0) is 0 Å². The predicted molar refractivity (Wildman–Crippen MR) is 95.0 cm³/mol. The van der Waals surface area contributed by atoms with Crippen molar-refractivity contribution in [3.63, 3.8) is 0 Å². The summed E-state index contributed by atoms with van der Waals surface area (Å²) >= 11 is 0. The van der Waals surface area contributed by atoms with Crippen LogP contribution in [0.25, 0.3) is 11.1 Å². The van der Waals surface area contributed by atoms with Gasteiger partial charge >= 0.3 is 0 Å². The molecule has 0 fully saturated rings. The molecular weight excluding hydrogens is 231 g/mol. The second-order valence-electron chi connectivity index (χ2n) is 4.51. The first-order chi connectivity index (χ1) is 9.25. The first kappa shape index (κ1) is 15.4. The lowest BCUT2D eigenvalue weighted by Crippen LogP contribution is -2.50. The largest absolute Gasteiger partial charge is 0.113 e. The molecule has 0 saturated heterocycles. The third-order valence-corrected chi connectivity index (χ3v) is 3.22. The minimum absolute atomic E-state index is 0.166. The first-order valence-electron chi connectivity index (χ1n) is 5.71. The van der Waals surface area contributed by atoms with Gasteiger partial charge in [0.25, 0.3) is 0 Å². The maximum atomic E-state index is 5.97. The van der Waals surface area contributed by atoms with Gasteiger partial charge in [-0.2, -0.15) is 0 Å². The number of hydrogen-bond donors (Lipinski definition) is 0. The molecule has 74 valence electrons. The van der Waals surface area contributed by atoms with Crippen LogP contribution in [0, 0.1) is 0 Å². The Kier molecular flexibility index (Phi) is 4.14. The summed E-state index contributed by atoms with van der Waals surface area (Å²) in [4.78, 5) is 0. The first-order valence-corrected chi connectivity index (χ1v) is 5.71. The maximum absolute atomic E-state index is 5.97. The molecule has 0 heterocycles. The standard InChI is InChI=1S/C12H2B8/c13-4-1-3(8(16)12(20)11(4)19)7-9(17)5(14)2-6(15)10(7)18/h1-2H. The monoisotopic (exact) mass is 234 g/mol. The van der Waals surface area contributed by atoms with E-state index in [2.05, 4.69) is 0 Å². The molecule has 0 atom stereocenters. The fourth-order valence-electron chi connectivity index (χ4n) is 2.01. The van der Waals surface area contributed by atoms with Crippen molar-refractivity contribution in [2.45, 2.75) is 0 Å². The van der Waals surface area contributed by atoms with Gasteiger partial charge in [0.15, 0.2) is 0 Å². The molecule has 2 rings (SSSR count). The van der Waals surface area contributed by atoms with E-state index in [4.69, 9.17) is 62.8 Å². The van der Waals surface area contributed by atoms with E-state index >= 15 is 0 Å². The zero-order valence-corrected chi connectivity index (χ0v) is 10.8. The zero-order chi connectivity index (χ0) is 15.2. The van der Waals surface area contributed by atoms with Crippen molar-refractivity contribution in [2.75, 3.05) is 0 Å². The van der Waals surface area contributed by atoms with Gasteiger partial charge in [0, 0.05) is 0 Å². The molecule has 2 aromatic rings. The highest BCUT2D eigenvalue weighted by Gasteiger charge is 2.13. The molecule has 0 aliphatic heterocycles. The lowest BCUT2D eigenvalue weighted by Gasteiger charge is -2.22. The van der Waals surface area contributed by atoms with E-state index in [1.54, 1.807) is 6.07 Å². The Morgan fingerprint density at radius 1 is 0.450 bits per heavy atom. The quantitative estimate of drug-likeness (QED) is 0.429. The Morgan fingerprint density at radius 3 is 1.40 bits per heavy atom. The summed E-state index contributed by atoms with van der Waals surface area (Å²) in [5.41, 5.74) is 2.81. The van der Waals surface area contributed by atoms with Gasteiger partial charge in [-0.1, -0.05) is 28.5 Å². The Hall–Kier alpha value is -1.04. The van der Waals surface area contributed by atoms with Crippen LogP contribution in [0.1, 0.15) is 0 Å². The average molecular weight is 233 g/mol. The van der Waals surface area contributed by atoms with Crippen LogP contribution in [0.3, 0.4) is 0 Å². The molecule has 8 heteroatoms. The molecule has 2 aromatic carbocycles. The fraction of sp³-hybridized carbons (Fsp3) is 0. The van der Waals surface area contributed by atoms with Gasteiger partial charge in [-0.15, -0.1) is 27.3 Å². The zero-order valence-electron chi connectivity index (χ0n) is 10.8. The summed E-state index contributed by atoms with van der Waals surface area (Å²) in [6.07, 6.45) is 0. The Bertz CT molecular complexity index is 681. The third kappa shape index (κ3) is 2.34. The minimum Gasteiger partial charge on any atom is -0.111 e. The lowest BCUT2D eigenvalue weighted by molar-refractivity contribution is 1.84. The van der Waals surface area contributed by atoms with Crippen LogP contribution in [0.15, 0.2) is 12.1 Å². The van der Waals surface area contributed by atoms with Crippen LogP contribution in [0.5, 0.6) is 0 Å². The van der Waals surface area contributed by atoms with Crippen molar-refractivity contribution in [3.05, 3.63) is 12.1 Å². The van der Waals surface area contributed by atoms with Crippen LogP contribution in [-0.4, -0.2) is 62.8 Å². The highest BCUT2D eigenvalue weighted by atomic mass is 14.1. The van der Waals surface area contributed by atoms with Crippen molar-refractivity contribution >= 4 is 106 Å². The molecule has 20 heavy (non-hydrogen) atoms. The second kappa shape index (κ2) is 5.39. The van der Waals surface area contributed by atoms with Crippen molar-refractivity contribution in [1.82, 2.24) is 0 Å². The molecule has 0 aliphatic rings. The Balaban J connectivity index is 2.89. The smallest absolute Gasteiger partial charge is 0.111 e. The van der Waals surface area contributed by atoms with E-state index in [0.29, 0.717) is 22.1 Å². The van der Waals surface area contributed by atoms with Crippen molar-refractivity contribution < 1.29 is 0 Å². The van der Waals surface area contributed by atoms with Gasteiger partial charge in [-0.05, 0) is 11.1 Å². The normalized spacial score (nSPS) is 10.6. The fourth-order valence-corrected chi connectivity index (χ4v) is 2.01. The number of benzene rings is 2. The highest BCUT2D eigenvalue weighted by molar-refractivity contribution is 6.65. The van der Waals surface area contributed by atoms with E-state index in [1.807, 2.05) is 0 Å². The summed E-state index contributed by atoms with van der Waals surface area (Å²) in [6.45, 7) is 0. The number of hydrogen-bond acceptors (Lipinski definition) is 0. The maximum Gasteiger partial charge on any atom is 0.113 e. The van der Waals surface area contributed by atoms with E-state index in [9.17, 15) is 0 Å². The second-order valence-corrected chi connectivity index (χ2v) is 4.51. The van der Waals surface area contributed by atoms with Crippen molar-refractivity contribution in [2.24, 2.45) is 0 Å². The summed E-state index contributed by atoms with van der Waals surface area (Å²) in [6, 6.07) is 3.02. The third-order valence-electron chi connectivity index (χ3n) is 3.22. The number of rotatable bonds is 1. The molecule has 0 unspecified atom stereocenters. The van der Waals surface area contributed by atoms with Gasteiger partial charge in [-0.3, -0.25) is 0 Å². The van der Waals surface area contributed by atoms with Crippen molar-refractivity contribution in [1.29, 1.82) is 0 Å². The average Bonchev–Trinajstić information content (AvgIpc) is 2.40. The topological polar surface area (TPSA) is 0 Å². The van der Waals surface area contributed by atoms with Crippen LogP contribution in [0.4, 0.5) is 0 Å². The van der Waals surface area contributed by atoms with E-state index in [1.165, 1.54) is 6.07 Å². The molecule has 0 saturated carbocycles. The Labute approximate surface area is 130 Å². The van der Waals surface area contributed by atoms with Gasteiger partial charge in [0.1, 0.15) is 62.8 Å². The van der Waals surface area contributed by atoms with Gasteiger partial charge in [0.05, 0.1) is 0 Å². The van der Waals surface area contributed by atoms with Crippen LogP contribution in [0.2, 0.25) is 0 Å². The molecule has 0 bridgehead atoms. The minimum atomic E-state index is 0.166. The summed E-state index contributed by atoms with van der Waals surface area (Å²) in [5.74, 6) is 0. The van der Waals surface area contributed by atoms with Crippen LogP contribution >= 0.6 is 0 Å². The Morgan fingerprint density at radius 2 is 0.900 bits per heavy atom.